The van der Waals surface area contributed by atoms with E-state index in [9.17, 15) is 9.59 Å². The standard InChI is InChI=1S/C16H22N2O2/c1-11-6-7-13(3)14(9-11)17-15(19)16(20)18-8-4-5-12(2)10-18/h6-7,9,12H,4-5,8,10H2,1-3H3,(H,17,19). The van der Waals surface area contributed by atoms with E-state index in [-0.39, 0.29) is 0 Å². The molecule has 2 rings (SSSR count). The maximum atomic E-state index is 12.2. The molecule has 1 aromatic carbocycles. The molecule has 1 N–H and O–H groups in total. The molecular weight excluding hydrogens is 252 g/mol. The normalized spacial score (nSPS) is 18.8. The number of benzene rings is 1. The molecule has 1 unspecified atom stereocenters. The zero-order valence-electron chi connectivity index (χ0n) is 12.4. The summed E-state index contributed by atoms with van der Waals surface area (Å²) < 4.78 is 0. The molecule has 1 aliphatic heterocycles. The Morgan fingerprint density at radius 2 is 2.05 bits per heavy atom. The fourth-order valence-electron chi connectivity index (χ4n) is 2.56. The summed E-state index contributed by atoms with van der Waals surface area (Å²) in [4.78, 5) is 25.9. The van der Waals surface area contributed by atoms with E-state index in [4.69, 9.17) is 0 Å². The smallest absolute Gasteiger partial charge is 0.313 e. The monoisotopic (exact) mass is 274 g/mol. The Labute approximate surface area is 120 Å². The molecule has 4 heteroatoms. The topological polar surface area (TPSA) is 49.4 Å². The van der Waals surface area contributed by atoms with Crippen LogP contribution in [0.25, 0.3) is 0 Å². The van der Waals surface area contributed by atoms with Gasteiger partial charge in [-0.1, -0.05) is 19.1 Å². The predicted molar refractivity (Wildman–Crippen MR) is 79.5 cm³/mol. The quantitative estimate of drug-likeness (QED) is 0.800. The number of likely N-dealkylation sites (tertiary alicyclic amines) is 1. The lowest BCUT2D eigenvalue weighted by Crippen LogP contribution is -2.44. The molecule has 1 atom stereocenters. The van der Waals surface area contributed by atoms with Crippen molar-refractivity contribution in [1.82, 2.24) is 4.90 Å². The highest BCUT2D eigenvalue weighted by Gasteiger charge is 2.26. The highest BCUT2D eigenvalue weighted by atomic mass is 16.2. The molecule has 1 aliphatic rings. The second-order valence-corrected chi connectivity index (χ2v) is 5.77. The summed E-state index contributed by atoms with van der Waals surface area (Å²) in [5.74, 6) is -0.480. The van der Waals surface area contributed by atoms with E-state index in [1.807, 2.05) is 32.0 Å². The minimum Gasteiger partial charge on any atom is -0.334 e. The molecule has 20 heavy (non-hydrogen) atoms. The maximum Gasteiger partial charge on any atom is 0.313 e. The van der Waals surface area contributed by atoms with Crippen LogP contribution in [0.15, 0.2) is 18.2 Å². The highest BCUT2D eigenvalue weighted by molar-refractivity contribution is 6.39. The lowest BCUT2D eigenvalue weighted by Gasteiger charge is -2.30. The van der Waals surface area contributed by atoms with Crippen molar-refractivity contribution < 1.29 is 9.59 Å². The zero-order chi connectivity index (χ0) is 14.7. The van der Waals surface area contributed by atoms with Gasteiger partial charge in [-0.15, -0.1) is 0 Å². The average Bonchev–Trinajstić information content (AvgIpc) is 2.42. The predicted octanol–water partition coefficient (Wildman–Crippen LogP) is 2.50. The van der Waals surface area contributed by atoms with Gasteiger partial charge in [0.05, 0.1) is 0 Å². The van der Waals surface area contributed by atoms with Crippen LogP contribution < -0.4 is 5.32 Å². The minimum atomic E-state index is -0.534. The number of anilines is 1. The number of carbonyl (C=O) groups excluding carboxylic acids is 2. The second kappa shape index (κ2) is 6.07. The molecule has 0 bridgehead atoms. The van der Waals surface area contributed by atoms with Crippen LogP contribution in [0, 0.1) is 19.8 Å². The molecule has 1 saturated heterocycles. The molecule has 0 aliphatic carbocycles. The Morgan fingerprint density at radius 1 is 1.30 bits per heavy atom. The first-order valence-corrected chi connectivity index (χ1v) is 7.15. The van der Waals surface area contributed by atoms with Crippen LogP contribution in [0.3, 0.4) is 0 Å². The Bertz CT molecular complexity index is 525. The number of carbonyl (C=O) groups is 2. The average molecular weight is 274 g/mol. The summed E-state index contributed by atoms with van der Waals surface area (Å²) in [6.07, 6.45) is 2.10. The summed E-state index contributed by atoms with van der Waals surface area (Å²) in [5.41, 5.74) is 2.74. The summed E-state index contributed by atoms with van der Waals surface area (Å²) >= 11 is 0. The third kappa shape index (κ3) is 3.38. The fourth-order valence-corrected chi connectivity index (χ4v) is 2.56. The second-order valence-electron chi connectivity index (χ2n) is 5.77. The van der Waals surface area contributed by atoms with Crippen LogP contribution >= 0.6 is 0 Å². The molecule has 0 radical (unpaired) electrons. The van der Waals surface area contributed by atoms with Crippen LogP contribution in [0.5, 0.6) is 0 Å². The minimum absolute atomic E-state index is 0.419. The van der Waals surface area contributed by atoms with Gasteiger partial charge in [-0.05, 0) is 49.8 Å². The van der Waals surface area contributed by atoms with E-state index in [0.29, 0.717) is 24.7 Å². The number of hydrogen-bond donors (Lipinski definition) is 1. The van der Waals surface area contributed by atoms with E-state index in [1.54, 1.807) is 4.90 Å². The molecule has 0 spiro atoms. The summed E-state index contributed by atoms with van der Waals surface area (Å²) in [5, 5.41) is 2.73. The molecule has 1 heterocycles. The van der Waals surface area contributed by atoms with Crippen LogP contribution in [0.1, 0.15) is 30.9 Å². The molecule has 1 aromatic rings. The van der Waals surface area contributed by atoms with Gasteiger partial charge in [0.1, 0.15) is 0 Å². The van der Waals surface area contributed by atoms with E-state index < -0.39 is 11.8 Å². The van der Waals surface area contributed by atoms with Gasteiger partial charge < -0.3 is 10.2 Å². The third-order valence-electron chi connectivity index (χ3n) is 3.78. The number of piperidine rings is 1. The van der Waals surface area contributed by atoms with Crippen LogP contribution in [0.2, 0.25) is 0 Å². The van der Waals surface area contributed by atoms with Gasteiger partial charge >= 0.3 is 11.8 Å². The first kappa shape index (κ1) is 14.6. The van der Waals surface area contributed by atoms with Gasteiger partial charge in [0.25, 0.3) is 0 Å². The first-order chi connectivity index (χ1) is 9.47. The first-order valence-electron chi connectivity index (χ1n) is 7.15. The number of aryl methyl sites for hydroxylation is 2. The van der Waals surface area contributed by atoms with Gasteiger partial charge in [0.15, 0.2) is 0 Å². The molecule has 108 valence electrons. The van der Waals surface area contributed by atoms with Crippen molar-refractivity contribution in [2.75, 3.05) is 18.4 Å². The zero-order valence-corrected chi connectivity index (χ0v) is 12.4. The Kier molecular flexibility index (Phi) is 4.42. The SMILES string of the molecule is Cc1ccc(C)c(NC(=O)C(=O)N2CCCC(C)C2)c1. The van der Waals surface area contributed by atoms with E-state index >= 15 is 0 Å². The molecular formula is C16H22N2O2. The summed E-state index contributed by atoms with van der Waals surface area (Å²) in [7, 11) is 0. The van der Waals surface area contributed by atoms with Crippen molar-refractivity contribution in [2.45, 2.75) is 33.6 Å². The molecule has 2 amide bonds. The van der Waals surface area contributed by atoms with Crippen molar-refractivity contribution >= 4 is 17.5 Å². The summed E-state index contributed by atoms with van der Waals surface area (Å²) in [6, 6.07) is 5.82. The van der Waals surface area contributed by atoms with E-state index in [0.717, 1.165) is 24.0 Å². The van der Waals surface area contributed by atoms with Gasteiger partial charge in [0.2, 0.25) is 0 Å². The number of nitrogens with one attached hydrogen (secondary N) is 1. The van der Waals surface area contributed by atoms with Crippen LogP contribution in [0.4, 0.5) is 5.69 Å². The maximum absolute atomic E-state index is 12.2. The number of nitrogens with zero attached hydrogens (tertiary/aromatic N) is 1. The Hall–Kier alpha value is -1.84. The van der Waals surface area contributed by atoms with Crippen LogP contribution in [-0.4, -0.2) is 29.8 Å². The van der Waals surface area contributed by atoms with Crippen molar-refractivity contribution in [2.24, 2.45) is 5.92 Å². The van der Waals surface area contributed by atoms with Crippen LogP contribution in [-0.2, 0) is 9.59 Å². The van der Waals surface area contributed by atoms with Crippen molar-refractivity contribution in [3.8, 4) is 0 Å². The number of rotatable bonds is 1. The van der Waals surface area contributed by atoms with Gasteiger partial charge in [-0.2, -0.15) is 0 Å². The van der Waals surface area contributed by atoms with Gasteiger partial charge in [-0.3, -0.25) is 9.59 Å². The van der Waals surface area contributed by atoms with E-state index in [2.05, 4.69) is 12.2 Å². The number of amides is 2. The van der Waals surface area contributed by atoms with Crippen molar-refractivity contribution in [3.05, 3.63) is 29.3 Å². The highest BCUT2D eigenvalue weighted by Crippen LogP contribution is 2.18. The Morgan fingerprint density at radius 3 is 2.75 bits per heavy atom. The van der Waals surface area contributed by atoms with Crippen molar-refractivity contribution in [3.63, 3.8) is 0 Å². The lowest BCUT2D eigenvalue weighted by molar-refractivity contribution is -0.144. The molecule has 1 fully saturated rings. The summed E-state index contributed by atoms with van der Waals surface area (Å²) in [6.45, 7) is 7.36. The van der Waals surface area contributed by atoms with Crippen molar-refractivity contribution in [1.29, 1.82) is 0 Å². The lowest BCUT2D eigenvalue weighted by atomic mass is 10.0. The van der Waals surface area contributed by atoms with Gasteiger partial charge in [-0.25, -0.2) is 0 Å². The third-order valence-corrected chi connectivity index (χ3v) is 3.78. The molecule has 0 saturated carbocycles. The molecule has 0 aromatic heterocycles. The fraction of sp³-hybridized carbons (Fsp3) is 0.500. The largest absolute Gasteiger partial charge is 0.334 e. The number of hydrogen-bond acceptors (Lipinski definition) is 2. The molecule has 4 nitrogen and oxygen atoms in total. The Balaban J connectivity index is 2.04. The van der Waals surface area contributed by atoms with E-state index in [1.165, 1.54) is 0 Å². The van der Waals surface area contributed by atoms with Gasteiger partial charge in [0, 0.05) is 18.8 Å².